The maximum absolute atomic E-state index is 5.33. The molecule has 22 heavy (non-hydrogen) atoms. The number of ether oxygens (including phenoxy) is 2. The molecule has 3 aromatic carbocycles. The SMILES string of the molecule is COc1ccc(CNc2ccc3ccccc3c2)cc1OC. The summed E-state index contributed by atoms with van der Waals surface area (Å²) in [4.78, 5) is 0. The van der Waals surface area contributed by atoms with Crippen molar-refractivity contribution in [2.45, 2.75) is 6.54 Å². The van der Waals surface area contributed by atoms with E-state index in [2.05, 4.69) is 47.8 Å². The third-order valence-corrected chi connectivity index (χ3v) is 3.69. The maximum Gasteiger partial charge on any atom is 0.161 e. The van der Waals surface area contributed by atoms with Crippen LogP contribution < -0.4 is 14.8 Å². The molecule has 0 unspecified atom stereocenters. The van der Waals surface area contributed by atoms with Gasteiger partial charge in [0, 0.05) is 12.2 Å². The van der Waals surface area contributed by atoms with Gasteiger partial charge in [0.1, 0.15) is 0 Å². The molecule has 0 bridgehead atoms. The molecule has 0 radical (unpaired) electrons. The summed E-state index contributed by atoms with van der Waals surface area (Å²) < 4.78 is 10.6. The molecule has 0 amide bonds. The Bertz CT molecular complexity index is 783. The van der Waals surface area contributed by atoms with Gasteiger partial charge in [0.15, 0.2) is 11.5 Å². The van der Waals surface area contributed by atoms with Gasteiger partial charge in [-0.25, -0.2) is 0 Å². The Balaban J connectivity index is 1.76. The van der Waals surface area contributed by atoms with Gasteiger partial charge >= 0.3 is 0 Å². The second-order valence-corrected chi connectivity index (χ2v) is 5.10. The average molecular weight is 293 g/mol. The molecule has 0 heterocycles. The summed E-state index contributed by atoms with van der Waals surface area (Å²) in [5.41, 5.74) is 2.25. The molecule has 0 saturated heterocycles. The van der Waals surface area contributed by atoms with Gasteiger partial charge in [-0.2, -0.15) is 0 Å². The van der Waals surface area contributed by atoms with Crippen molar-refractivity contribution in [1.29, 1.82) is 0 Å². The first kappa shape index (κ1) is 14.3. The fraction of sp³-hybridized carbons (Fsp3) is 0.158. The van der Waals surface area contributed by atoms with Crippen LogP contribution in [0, 0.1) is 0 Å². The second-order valence-electron chi connectivity index (χ2n) is 5.10. The highest BCUT2D eigenvalue weighted by Gasteiger charge is 2.04. The van der Waals surface area contributed by atoms with E-state index >= 15 is 0 Å². The quantitative estimate of drug-likeness (QED) is 0.753. The van der Waals surface area contributed by atoms with Crippen molar-refractivity contribution in [2.24, 2.45) is 0 Å². The average Bonchev–Trinajstić information content (AvgIpc) is 2.59. The molecule has 1 N–H and O–H groups in total. The lowest BCUT2D eigenvalue weighted by atomic mass is 10.1. The van der Waals surface area contributed by atoms with Crippen LogP contribution in [0.15, 0.2) is 60.7 Å². The summed E-state index contributed by atoms with van der Waals surface area (Å²) in [5.74, 6) is 1.50. The van der Waals surface area contributed by atoms with E-state index in [4.69, 9.17) is 9.47 Å². The van der Waals surface area contributed by atoms with Crippen LogP contribution >= 0.6 is 0 Å². The van der Waals surface area contributed by atoms with Crippen LogP contribution in [0.3, 0.4) is 0 Å². The first-order valence-corrected chi connectivity index (χ1v) is 7.24. The van der Waals surface area contributed by atoms with Gasteiger partial charge in [-0.15, -0.1) is 0 Å². The third-order valence-electron chi connectivity index (χ3n) is 3.69. The van der Waals surface area contributed by atoms with Crippen molar-refractivity contribution >= 4 is 16.5 Å². The van der Waals surface area contributed by atoms with E-state index in [1.807, 2.05) is 18.2 Å². The Hall–Kier alpha value is -2.68. The van der Waals surface area contributed by atoms with Crippen molar-refractivity contribution in [3.63, 3.8) is 0 Å². The molecular formula is C19H19NO2. The fourth-order valence-corrected chi connectivity index (χ4v) is 2.49. The monoisotopic (exact) mass is 293 g/mol. The summed E-state index contributed by atoms with van der Waals surface area (Å²) in [6.45, 7) is 0.735. The number of anilines is 1. The summed E-state index contributed by atoms with van der Waals surface area (Å²) in [7, 11) is 3.29. The Labute approximate surface area is 130 Å². The minimum Gasteiger partial charge on any atom is -0.493 e. The molecule has 0 spiro atoms. The molecule has 0 atom stereocenters. The van der Waals surface area contributed by atoms with Gasteiger partial charge < -0.3 is 14.8 Å². The fourth-order valence-electron chi connectivity index (χ4n) is 2.49. The van der Waals surface area contributed by atoms with Crippen molar-refractivity contribution in [3.05, 3.63) is 66.2 Å². The molecule has 3 rings (SSSR count). The highest BCUT2D eigenvalue weighted by atomic mass is 16.5. The van der Waals surface area contributed by atoms with Crippen LogP contribution in [0.5, 0.6) is 11.5 Å². The largest absolute Gasteiger partial charge is 0.493 e. The molecule has 0 aliphatic heterocycles. The smallest absolute Gasteiger partial charge is 0.161 e. The number of methoxy groups -OCH3 is 2. The molecule has 3 aromatic rings. The zero-order valence-electron chi connectivity index (χ0n) is 12.8. The van der Waals surface area contributed by atoms with Gasteiger partial charge in [0.25, 0.3) is 0 Å². The van der Waals surface area contributed by atoms with Crippen LogP contribution in [-0.4, -0.2) is 14.2 Å². The third kappa shape index (κ3) is 2.98. The van der Waals surface area contributed by atoms with Crippen molar-refractivity contribution < 1.29 is 9.47 Å². The second kappa shape index (κ2) is 6.39. The molecule has 112 valence electrons. The maximum atomic E-state index is 5.33. The van der Waals surface area contributed by atoms with Gasteiger partial charge in [-0.1, -0.05) is 36.4 Å². The normalized spacial score (nSPS) is 10.5. The van der Waals surface area contributed by atoms with E-state index in [1.165, 1.54) is 10.8 Å². The van der Waals surface area contributed by atoms with Gasteiger partial charge in [0.05, 0.1) is 14.2 Å². The van der Waals surface area contributed by atoms with Gasteiger partial charge in [0.2, 0.25) is 0 Å². The Morgan fingerprint density at radius 2 is 1.55 bits per heavy atom. The Morgan fingerprint density at radius 3 is 2.32 bits per heavy atom. The lowest BCUT2D eigenvalue weighted by Gasteiger charge is -2.11. The predicted octanol–water partition coefficient (Wildman–Crippen LogP) is 4.47. The molecule has 0 fully saturated rings. The van der Waals surface area contributed by atoms with Crippen LogP contribution in [-0.2, 0) is 6.54 Å². The summed E-state index contributed by atoms with van der Waals surface area (Å²) in [5, 5.41) is 5.93. The molecule has 0 aliphatic rings. The summed E-state index contributed by atoms with van der Waals surface area (Å²) in [6, 6.07) is 20.7. The van der Waals surface area contributed by atoms with E-state index < -0.39 is 0 Å². The first-order valence-electron chi connectivity index (χ1n) is 7.24. The Kier molecular flexibility index (Phi) is 4.15. The molecule has 0 aromatic heterocycles. The highest BCUT2D eigenvalue weighted by Crippen LogP contribution is 2.28. The minimum absolute atomic E-state index is 0.735. The van der Waals surface area contributed by atoms with E-state index in [0.29, 0.717) is 0 Å². The van der Waals surface area contributed by atoms with Crippen molar-refractivity contribution in [2.75, 3.05) is 19.5 Å². The number of benzene rings is 3. The van der Waals surface area contributed by atoms with Gasteiger partial charge in [-0.05, 0) is 40.6 Å². The first-order chi connectivity index (χ1) is 10.8. The van der Waals surface area contributed by atoms with Gasteiger partial charge in [-0.3, -0.25) is 0 Å². The molecular weight excluding hydrogens is 274 g/mol. The molecule has 3 heteroatoms. The van der Waals surface area contributed by atoms with Crippen LogP contribution in [0.25, 0.3) is 10.8 Å². The lowest BCUT2D eigenvalue weighted by Crippen LogP contribution is -2.00. The molecule has 0 saturated carbocycles. The minimum atomic E-state index is 0.735. The number of fused-ring (bicyclic) bond motifs is 1. The zero-order valence-corrected chi connectivity index (χ0v) is 12.8. The molecule has 3 nitrogen and oxygen atoms in total. The van der Waals surface area contributed by atoms with E-state index in [9.17, 15) is 0 Å². The number of hydrogen-bond donors (Lipinski definition) is 1. The van der Waals surface area contributed by atoms with Crippen LogP contribution in [0.4, 0.5) is 5.69 Å². The lowest BCUT2D eigenvalue weighted by molar-refractivity contribution is 0.354. The van der Waals surface area contributed by atoms with E-state index in [0.717, 1.165) is 29.3 Å². The summed E-state index contributed by atoms with van der Waals surface area (Å²) in [6.07, 6.45) is 0. The predicted molar refractivity (Wildman–Crippen MR) is 90.8 cm³/mol. The van der Waals surface area contributed by atoms with Crippen molar-refractivity contribution in [3.8, 4) is 11.5 Å². The van der Waals surface area contributed by atoms with Crippen LogP contribution in [0.1, 0.15) is 5.56 Å². The van der Waals surface area contributed by atoms with E-state index in [-0.39, 0.29) is 0 Å². The number of nitrogens with one attached hydrogen (secondary N) is 1. The topological polar surface area (TPSA) is 30.5 Å². The number of rotatable bonds is 5. The van der Waals surface area contributed by atoms with Crippen molar-refractivity contribution in [1.82, 2.24) is 0 Å². The Morgan fingerprint density at radius 1 is 0.773 bits per heavy atom. The highest BCUT2D eigenvalue weighted by molar-refractivity contribution is 5.85. The standard InChI is InChI=1S/C19H19NO2/c1-21-18-10-7-14(11-19(18)22-2)13-20-17-9-8-15-5-3-4-6-16(15)12-17/h3-12,20H,13H2,1-2H3. The summed E-state index contributed by atoms with van der Waals surface area (Å²) >= 11 is 0. The molecule has 0 aliphatic carbocycles. The van der Waals surface area contributed by atoms with E-state index in [1.54, 1.807) is 14.2 Å². The zero-order chi connectivity index (χ0) is 15.4. The number of hydrogen-bond acceptors (Lipinski definition) is 3. The van der Waals surface area contributed by atoms with Crippen LogP contribution in [0.2, 0.25) is 0 Å².